The molecule has 0 fully saturated rings. The van der Waals surface area contributed by atoms with E-state index in [0.29, 0.717) is 18.8 Å². The second kappa shape index (κ2) is 6.60. The number of carbonyl (C=O) groups is 1. The molecule has 20 heavy (non-hydrogen) atoms. The maximum Gasteiger partial charge on any atom is 0.226 e. The van der Waals surface area contributed by atoms with Crippen molar-refractivity contribution in [1.29, 1.82) is 0 Å². The van der Waals surface area contributed by atoms with Crippen LogP contribution in [0, 0.1) is 6.92 Å². The van der Waals surface area contributed by atoms with Gasteiger partial charge in [-0.15, -0.1) is 0 Å². The first kappa shape index (κ1) is 13.9. The van der Waals surface area contributed by atoms with Gasteiger partial charge in [0.25, 0.3) is 0 Å². The van der Waals surface area contributed by atoms with Gasteiger partial charge < -0.3 is 19.9 Å². The van der Waals surface area contributed by atoms with Crippen LogP contribution in [-0.4, -0.2) is 24.7 Å². The third kappa shape index (κ3) is 4.01. The number of aromatic nitrogens is 1. The number of anilines is 2. The van der Waals surface area contributed by atoms with E-state index in [9.17, 15) is 4.79 Å². The van der Waals surface area contributed by atoms with Crippen molar-refractivity contribution < 1.29 is 14.1 Å². The van der Waals surface area contributed by atoms with Crippen molar-refractivity contribution >= 4 is 17.4 Å². The maximum atomic E-state index is 11.7. The molecule has 0 aliphatic carbocycles. The lowest BCUT2D eigenvalue weighted by molar-refractivity contribution is -0.115. The lowest BCUT2D eigenvalue weighted by Crippen LogP contribution is -2.16. The molecule has 2 N–H and O–H groups in total. The molecule has 1 amide bonds. The number of ether oxygens (including phenoxy) is 1. The van der Waals surface area contributed by atoms with Crippen molar-refractivity contribution in [2.45, 2.75) is 13.3 Å². The molecule has 0 saturated heterocycles. The zero-order valence-electron chi connectivity index (χ0n) is 11.5. The van der Waals surface area contributed by atoms with E-state index in [1.54, 1.807) is 37.4 Å². The predicted octanol–water partition coefficient (Wildman–Crippen LogP) is 2.43. The Morgan fingerprint density at radius 1 is 1.35 bits per heavy atom. The number of benzene rings is 1. The number of hydrogen-bond acceptors (Lipinski definition) is 5. The Morgan fingerprint density at radius 2 is 2.10 bits per heavy atom. The molecule has 106 valence electrons. The van der Waals surface area contributed by atoms with Gasteiger partial charge in [-0.25, -0.2) is 0 Å². The molecule has 1 aromatic carbocycles. The molecule has 0 unspecified atom stereocenters. The van der Waals surface area contributed by atoms with Crippen LogP contribution in [0.1, 0.15) is 12.2 Å². The summed E-state index contributed by atoms with van der Waals surface area (Å²) in [6.07, 6.45) is 0.345. The van der Waals surface area contributed by atoms with Crippen LogP contribution in [-0.2, 0) is 4.79 Å². The van der Waals surface area contributed by atoms with E-state index < -0.39 is 0 Å². The van der Waals surface area contributed by atoms with Crippen LogP contribution < -0.4 is 15.4 Å². The van der Waals surface area contributed by atoms with Crippen LogP contribution in [0.25, 0.3) is 0 Å². The topological polar surface area (TPSA) is 76.4 Å². The summed E-state index contributed by atoms with van der Waals surface area (Å²) in [4.78, 5) is 11.7. The highest BCUT2D eigenvalue weighted by molar-refractivity contribution is 5.91. The van der Waals surface area contributed by atoms with Gasteiger partial charge in [0.2, 0.25) is 5.91 Å². The molecule has 2 rings (SSSR count). The van der Waals surface area contributed by atoms with Crippen LogP contribution >= 0.6 is 0 Å². The molecule has 2 aromatic rings. The highest BCUT2D eigenvalue weighted by Crippen LogP contribution is 2.15. The van der Waals surface area contributed by atoms with Gasteiger partial charge in [-0.2, -0.15) is 0 Å². The number of nitrogens with zero attached hydrogens (tertiary/aromatic N) is 1. The summed E-state index contributed by atoms with van der Waals surface area (Å²) < 4.78 is 9.97. The molecule has 1 heterocycles. The molecule has 6 heteroatoms. The number of carbonyl (C=O) groups excluding carboxylic acids is 1. The number of aryl methyl sites for hydroxylation is 1. The number of nitrogens with one attached hydrogen (secondary N) is 2. The standard InChI is InChI=1S/C14H17N3O3/c1-10-9-13(17-20-10)15-8-7-14(18)16-11-3-5-12(19-2)6-4-11/h3-6,9H,7-8H2,1-2H3,(H,15,17)(H,16,18). The monoisotopic (exact) mass is 275 g/mol. The van der Waals surface area contributed by atoms with E-state index in [0.717, 1.165) is 17.2 Å². The zero-order valence-corrected chi connectivity index (χ0v) is 11.5. The average Bonchev–Trinajstić information content (AvgIpc) is 2.85. The van der Waals surface area contributed by atoms with Gasteiger partial charge >= 0.3 is 0 Å². The summed E-state index contributed by atoms with van der Waals surface area (Å²) in [5, 5.41) is 9.61. The normalized spacial score (nSPS) is 10.1. The summed E-state index contributed by atoms with van der Waals surface area (Å²) in [7, 11) is 1.60. The van der Waals surface area contributed by atoms with Crippen molar-refractivity contribution in [2.24, 2.45) is 0 Å². The first-order chi connectivity index (χ1) is 9.67. The number of methoxy groups -OCH3 is 1. The molecule has 0 aliphatic heterocycles. The summed E-state index contributed by atoms with van der Waals surface area (Å²) in [6.45, 7) is 2.31. The predicted molar refractivity (Wildman–Crippen MR) is 76.0 cm³/mol. The molecular formula is C14H17N3O3. The molecule has 0 atom stereocenters. The minimum absolute atomic E-state index is 0.0668. The third-order valence-corrected chi connectivity index (χ3v) is 2.66. The molecule has 6 nitrogen and oxygen atoms in total. The van der Waals surface area contributed by atoms with Crippen molar-refractivity contribution in [3.63, 3.8) is 0 Å². The van der Waals surface area contributed by atoms with Gasteiger partial charge in [0.1, 0.15) is 11.5 Å². The Morgan fingerprint density at radius 3 is 2.70 bits per heavy atom. The third-order valence-electron chi connectivity index (χ3n) is 2.66. The first-order valence-corrected chi connectivity index (χ1v) is 6.28. The van der Waals surface area contributed by atoms with Crippen molar-refractivity contribution in [2.75, 3.05) is 24.3 Å². The van der Waals surface area contributed by atoms with Gasteiger partial charge in [0, 0.05) is 24.7 Å². The Kier molecular flexibility index (Phi) is 4.60. The highest BCUT2D eigenvalue weighted by Gasteiger charge is 2.04. The average molecular weight is 275 g/mol. The van der Waals surface area contributed by atoms with E-state index in [2.05, 4.69) is 15.8 Å². The van der Waals surface area contributed by atoms with Crippen LogP contribution in [0.2, 0.25) is 0 Å². The van der Waals surface area contributed by atoms with Crippen molar-refractivity contribution in [3.05, 3.63) is 36.1 Å². The van der Waals surface area contributed by atoms with E-state index in [-0.39, 0.29) is 5.91 Å². The summed E-state index contributed by atoms with van der Waals surface area (Å²) >= 11 is 0. The number of hydrogen-bond donors (Lipinski definition) is 2. The van der Waals surface area contributed by atoms with Gasteiger partial charge in [-0.3, -0.25) is 4.79 Å². The van der Waals surface area contributed by atoms with Gasteiger partial charge in [0.05, 0.1) is 7.11 Å². The van der Waals surface area contributed by atoms with Crippen LogP contribution in [0.5, 0.6) is 5.75 Å². The Bertz CT molecular complexity index is 563. The molecule has 0 bridgehead atoms. The fourth-order valence-electron chi connectivity index (χ4n) is 1.65. The molecular weight excluding hydrogens is 258 g/mol. The Labute approximate surface area is 117 Å². The zero-order chi connectivity index (χ0) is 14.4. The molecule has 1 aromatic heterocycles. The van der Waals surface area contributed by atoms with E-state index >= 15 is 0 Å². The van der Waals surface area contributed by atoms with Gasteiger partial charge in [-0.1, -0.05) is 5.16 Å². The molecule has 0 saturated carbocycles. The van der Waals surface area contributed by atoms with E-state index in [1.807, 2.05) is 6.92 Å². The van der Waals surface area contributed by atoms with E-state index in [1.165, 1.54) is 0 Å². The summed E-state index contributed by atoms with van der Waals surface area (Å²) in [5.74, 6) is 2.06. The minimum Gasteiger partial charge on any atom is -0.497 e. The maximum absolute atomic E-state index is 11.7. The quantitative estimate of drug-likeness (QED) is 0.846. The Balaban J connectivity index is 1.74. The van der Waals surface area contributed by atoms with Crippen LogP contribution in [0.4, 0.5) is 11.5 Å². The smallest absolute Gasteiger partial charge is 0.226 e. The van der Waals surface area contributed by atoms with E-state index in [4.69, 9.17) is 9.26 Å². The second-order valence-corrected chi connectivity index (χ2v) is 4.28. The summed E-state index contributed by atoms with van der Waals surface area (Å²) in [5.41, 5.74) is 0.744. The van der Waals surface area contributed by atoms with Crippen molar-refractivity contribution in [1.82, 2.24) is 5.16 Å². The second-order valence-electron chi connectivity index (χ2n) is 4.28. The van der Waals surface area contributed by atoms with Gasteiger partial charge in [-0.05, 0) is 31.2 Å². The minimum atomic E-state index is -0.0668. The summed E-state index contributed by atoms with van der Waals surface area (Å²) in [6, 6.07) is 8.97. The largest absolute Gasteiger partial charge is 0.497 e. The van der Waals surface area contributed by atoms with Gasteiger partial charge in [0.15, 0.2) is 5.82 Å². The van der Waals surface area contributed by atoms with Crippen LogP contribution in [0.3, 0.4) is 0 Å². The number of rotatable bonds is 6. The first-order valence-electron chi connectivity index (χ1n) is 6.28. The SMILES string of the molecule is COc1ccc(NC(=O)CCNc2cc(C)on2)cc1. The number of amides is 1. The molecule has 0 radical (unpaired) electrons. The van der Waals surface area contributed by atoms with Crippen molar-refractivity contribution in [3.8, 4) is 5.75 Å². The lowest BCUT2D eigenvalue weighted by atomic mass is 10.3. The fraction of sp³-hybridized carbons (Fsp3) is 0.286. The molecule has 0 aliphatic rings. The Hall–Kier alpha value is -2.50. The fourth-order valence-corrected chi connectivity index (χ4v) is 1.65. The lowest BCUT2D eigenvalue weighted by Gasteiger charge is -2.06. The highest BCUT2D eigenvalue weighted by atomic mass is 16.5. The molecule has 0 spiro atoms. The van der Waals surface area contributed by atoms with Crippen LogP contribution in [0.15, 0.2) is 34.9 Å².